The van der Waals surface area contributed by atoms with Gasteiger partial charge in [0.15, 0.2) is 0 Å². The predicted molar refractivity (Wildman–Crippen MR) is 74.1 cm³/mol. The first-order chi connectivity index (χ1) is 9.97. The van der Waals surface area contributed by atoms with E-state index in [0.717, 1.165) is 0 Å². The van der Waals surface area contributed by atoms with E-state index in [1.807, 2.05) is 6.92 Å². The summed E-state index contributed by atoms with van der Waals surface area (Å²) in [7, 11) is 0. The molecule has 1 aromatic carbocycles. The molecule has 2 amide bonds. The molecule has 21 heavy (non-hydrogen) atoms. The number of hydrogen-bond donors (Lipinski definition) is 1. The monoisotopic (exact) mass is 320 g/mol. The number of carbonyl (C=O) groups excluding carboxylic acids is 1. The zero-order valence-electron chi connectivity index (χ0n) is 11.3. The van der Waals surface area contributed by atoms with Gasteiger partial charge in [0, 0.05) is 18.3 Å². The van der Waals surface area contributed by atoms with E-state index in [1.54, 1.807) is 4.90 Å². The molecule has 0 aromatic heterocycles. The molecule has 1 N–H and O–H groups in total. The van der Waals surface area contributed by atoms with Gasteiger partial charge in [-0.25, -0.2) is 4.79 Å². The molecule has 1 aliphatic heterocycles. The smallest absolute Gasteiger partial charge is 0.387 e. The molecule has 0 aliphatic carbocycles. The highest BCUT2D eigenvalue weighted by Crippen LogP contribution is 2.29. The van der Waals surface area contributed by atoms with E-state index in [9.17, 15) is 13.6 Å². The molecule has 8 heteroatoms. The third-order valence-corrected chi connectivity index (χ3v) is 3.34. The molecule has 0 bridgehead atoms. The zero-order chi connectivity index (χ0) is 15.4. The molecule has 116 valence electrons. The lowest BCUT2D eigenvalue weighted by atomic mass is 10.2. The van der Waals surface area contributed by atoms with Crippen molar-refractivity contribution in [3.05, 3.63) is 23.2 Å². The van der Waals surface area contributed by atoms with Gasteiger partial charge in [-0.05, 0) is 19.1 Å². The van der Waals surface area contributed by atoms with Crippen LogP contribution in [0.5, 0.6) is 5.75 Å². The number of benzene rings is 1. The number of nitrogens with one attached hydrogen (secondary N) is 1. The number of carbonyl (C=O) groups is 1. The van der Waals surface area contributed by atoms with E-state index in [-0.39, 0.29) is 22.8 Å². The Morgan fingerprint density at radius 3 is 3.00 bits per heavy atom. The Morgan fingerprint density at radius 1 is 1.57 bits per heavy atom. The van der Waals surface area contributed by atoms with Crippen molar-refractivity contribution in [2.45, 2.75) is 19.6 Å². The number of hydrogen-bond acceptors (Lipinski definition) is 3. The maximum Gasteiger partial charge on any atom is 0.387 e. The van der Waals surface area contributed by atoms with Gasteiger partial charge in [-0.1, -0.05) is 11.6 Å². The first kappa shape index (κ1) is 15.8. The van der Waals surface area contributed by atoms with Crippen molar-refractivity contribution in [3.8, 4) is 5.75 Å². The van der Waals surface area contributed by atoms with Crippen LogP contribution in [0.2, 0.25) is 5.02 Å². The molecule has 0 spiro atoms. The van der Waals surface area contributed by atoms with Gasteiger partial charge >= 0.3 is 12.6 Å². The van der Waals surface area contributed by atoms with Crippen molar-refractivity contribution in [1.29, 1.82) is 0 Å². The number of amides is 2. The van der Waals surface area contributed by atoms with E-state index >= 15 is 0 Å². The van der Waals surface area contributed by atoms with Crippen molar-refractivity contribution in [2.24, 2.45) is 0 Å². The van der Waals surface area contributed by atoms with Crippen molar-refractivity contribution < 1.29 is 23.0 Å². The third-order valence-electron chi connectivity index (χ3n) is 3.03. The van der Waals surface area contributed by atoms with Gasteiger partial charge in [-0.15, -0.1) is 0 Å². The Bertz CT molecular complexity index is 516. The summed E-state index contributed by atoms with van der Waals surface area (Å²) >= 11 is 5.75. The summed E-state index contributed by atoms with van der Waals surface area (Å²) in [5, 5.41) is 2.68. The van der Waals surface area contributed by atoms with Crippen LogP contribution in [0.1, 0.15) is 6.92 Å². The van der Waals surface area contributed by atoms with Crippen LogP contribution in [-0.4, -0.2) is 43.3 Å². The van der Waals surface area contributed by atoms with Crippen molar-refractivity contribution in [1.82, 2.24) is 4.90 Å². The van der Waals surface area contributed by atoms with Crippen LogP contribution in [0.25, 0.3) is 0 Å². The lowest BCUT2D eigenvalue weighted by Gasteiger charge is -2.33. The van der Waals surface area contributed by atoms with Crippen LogP contribution in [0, 0.1) is 0 Å². The average Bonchev–Trinajstić information content (AvgIpc) is 2.42. The van der Waals surface area contributed by atoms with Crippen LogP contribution >= 0.6 is 11.6 Å². The topological polar surface area (TPSA) is 50.8 Å². The van der Waals surface area contributed by atoms with Crippen molar-refractivity contribution >= 4 is 23.3 Å². The van der Waals surface area contributed by atoms with E-state index < -0.39 is 6.61 Å². The van der Waals surface area contributed by atoms with Gasteiger partial charge < -0.3 is 19.7 Å². The average molecular weight is 321 g/mol. The van der Waals surface area contributed by atoms with E-state index in [1.165, 1.54) is 18.2 Å². The highest BCUT2D eigenvalue weighted by atomic mass is 35.5. The lowest BCUT2D eigenvalue weighted by Crippen LogP contribution is -2.48. The molecule has 2 rings (SSSR count). The Balaban J connectivity index is 2.06. The van der Waals surface area contributed by atoms with Crippen LogP contribution < -0.4 is 10.1 Å². The van der Waals surface area contributed by atoms with E-state index in [4.69, 9.17) is 16.3 Å². The molecule has 0 radical (unpaired) electrons. The molecular weight excluding hydrogens is 306 g/mol. The third kappa shape index (κ3) is 4.18. The van der Waals surface area contributed by atoms with Crippen LogP contribution in [-0.2, 0) is 4.74 Å². The molecule has 1 saturated heterocycles. The quantitative estimate of drug-likeness (QED) is 0.930. The standard InChI is InChI=1S/C13H15ClF2N2O3/c1-8-7-20-5-4-18(8)13(19)17-9-2-3-10(14)11(6-9)21-12(15)16/h2-3,6,8,12H,4-5,7H2,1H3,(H,17,19)/t8-/m1/s1. The van der Waals surface area contributed by atoms with Gasteiger partial charge in [0.1, 0.15) is 5.75 Å². The largest absolute Gasteiger partial charge is 0.433 e. The minimum absolute atomic E-state index is 0.0491. The Labute approximate surface area is 125 Å². The number of rotatable bonds is 3. The fraction of sp³-hybridized carbons (Fsp3) is 0.462. The highest BCUT2D eigenvalue weighted by molar-refractivity contribution is 6.32. The molecular formula is C13H15ClF2N2O3. The summed E-state index contributed by atoms with van der Waals surface area (Å²) in [6.07, 6.45) is 0. The number of ether oxygens (including phenoxy) is 2. The summed E-state index contributed by atoms with van der Waals surface area (Å²) in [6.45, 7) is 0.298. The van der Waals surface area contributed by atoms with E-state index in [2.05, 4.69) is 10.1 Å². The predicted octanol–water partition coefficient (Wildman–Crippen LogP) is 3.19. The fourth-order valence-electron chi connectivity index (χ4n) is 1.99. The van der Waals surface area contributed by atoms with Crippen LogP contribution in [0.15, 0.2) is 18.2 Å². The molecule has 1 aromatic rings. The summed E-state index contributed by atoms with van der Waals surface area (Å²) in [5.41, 5.74) is 0.332. The number of urea groups is 1. The Kier molecular flexibility index (Phi) is 5.19. The minimum Gasteiger partial charge on any atom is -0.433 e. The molecule has 1 aliphatic rings. The van der Waals surface area contributed by atoms with Gasteiger partial charge in [0.05, 0.1) is 24.3 Å². The van der Waals surface area contributed by atoms with Crippen molar-refractivity contribution in [3.63, 3.8) is 0 Å². The van der Waals surface area contributed by atoms with Crippen LogP contribution in [0.4, 0.5) is 19.3 Å². The first-order valence-corrected chi connectivity index (χ1v) is 6.75. The van der Waals surface area contributed by atoms with Gasteiger partial charge in [-0.2, -0.15) is 8.78 Å². The highest BCUT2D eigenvalue weighted by Gasteiger charge is 2.24. The molecule has 1 atom stereocenters. The molecule has 1 fully saturated rings. The second kappa shape index (κ2) is 6.91. The van der Waals surface area contributed by atoms with Gasteiger partial charge in [0.25, 0.3) is 0 Å². The number of alkyl halides is 2. The van der Waals surface area contributed by atoms with E-state index in [0.29, 0.717) is 25.4 Å². The summed E-state index contributed by atoms with van der Waals surface area (Å²) in [5.74, 6) is -0.181. The Morgan fingerprint density at radius 2 is 2.33 bits per heavy atom. The van der Waals surface area contributed by atoms with Crippen LogP contribution in [0.3, 0.4) is 0 Å². The SMILES string of the molecule is C[C@@H]1COCCN1C(=O)Nc1ccc(Cl)c(OC(F)F)c1. The molecule has 0 saturated carbocycles. The van der Waals surface area contributed by atoms with Gasteiger partial charge in [-0.3, -0.25) is 0 Å². The van der Waals surface area contributed by atoms with Gasteiger partial charge in [0.2, 0.25) is 0 Å². The summed E-state index contributed by atoms with van der Waals surface area (Å²) in [6, 6.07) is 3.79. The number of morpholine rings is 1. The number of halogens is 3. The second-order valence-electron chi connectivity index (χ2n) is 4.57. The summed E-state index contributed by atoms with van der Waals surface area (Å²) in [4.78, 5) is 13.8. The maximum atomic E-state index is 12.2. The molecule has 5 nitrogen and oxygen atoms in total. The fourth-order valence-corrected chi connectivity index (χ4v) is 2.15. The second-order valence-corrected chi connectivity index (χ2v) is 4.98. The zero-order valence-corrected chi connectivity index (χ0v) is 12.1. The number of anilines is 1. The van der Waals surface area contributed by atoms with Crippen molar-refractivity contribution in [2.75, 3.05) is 25.1 Å². The minimum atomic E-state index is -2.98. The summed E-state index contributed by atoms with van der Waals surface area (Å²) < 4.78 is 34.0. The first-order valence-electron chi connectivity index (χ1n) is 6.37. The Hall–Kier alpha value is -1.60. The normalized spacial score (nSPS) is 18.7. The number of nitrogens with zero attached hydrogens (tertiary/aromatic N) is 1. The lowest BCUT2D eigenvalue weighted by molar-refractivity contribution is -0.0497. The molecule has 1 heterocycles. The molecule has 0 unspecified atom stereocenters. The maximum absolute atomic E-state index is 12.2.